The molecule has 0 aromatic carbocycles. The predicted octanol–water partition coefficient (Wildman–Crippen LogP) is 5.31. The second-order valence-electron chi connectivity index (χ2n) is 9.15. The molecule has 2 aliphatic heterocycles. The highest BCUT2D eigenvalue weighted by molar-refractivity contribution is 7.09. The highest BCUT2D eigenvalue weighted by atomic mass is 32.1. The van der Waals surface area contributed by atoms with Crippen molar-refractivity contribution in [3.63, 3.8) is 0 Å². The summed E-state index contributed by atoms with van der Waals surface area (Å²) in [6.07, 6.45) is 14.0. The average Bonchev–Trinajstić information content (AvgIpc) is 3.24. The second kappa shape index (κ2) is 9.71. The van der Waals surface area contributed by atoms with Gasteiger partial charge in [-0.15, -0.1) is 11.3 Å². The van der Waals surface area contributed by atoms with Crippen molar-refractivity contribution in [3.8, 4) is 0 Å². The van der Waals surface area contributed by atoms with Crippen LogP contribution < -0.4 is 0 Å². The van der Waals surface area contributed by atoms with E-state index in [9.17, 15) is 4.79 Å². The molecule has 0 radical (unpaired) electrons. The van der Waals surface area contributed by atoms with Gasteiger partial charge in [0.15, 0.2) is 0 Å². The molecule has 5 heteroatoms. The molecular weight excluding hydrogens is 366 g/mol. The molecular formula is C23H37N3OS. The van der Waals surface area contributed by atoms with E-state index in [4.69, 9.17) is 4.98 Å². The van der Waals surface area contributed by atoms with Crippen LogP contribution in [0.3, 0.4) is 0 Å². The van der Waals surface area contributed by atoms with E-state index < -0.39 is 0 Å². The monoisotopic (exact) mass is 403 g/mol. The second-order valence-corrected chi connectivity index (χ2v) is 10.0. The van der Waals surface area contributed by atoms with Crippen LogP contribution in [0.5, 0.6) is 0 Å². The maximum absolute atomic E-state index is 13.2. The van der Waals surface area contributed by atoms with Gasteiger partial charge in [0.05, 0.1) is 5.01 Å². The largest absolute Gasteiger partial charge is 0.334 e. The molecule has 2 atom stereocenters. The number of aromatic nitrogens is 1. The van der Waals surface area contributed by atoms with Crippen LogP contribution in [0.1, 0.15) is 99.0 Å². The van der Waals surface area contributed by atoms with E-state index in [2.05, 4.69) is 16.7 Å². The summed E-state index contributed by atoms with van der Waals surface area (Å²) < 4.78 is 0. The molecule has 3 fully saturated rings. The molecule has 1 saturated carbocycles. The lowest BCUT2D eigenvalue weighted by atomic mass is 9.78. The number of carbonyl (C=O) groups is 1. The Labute approximate surface area is 174 Å². The summed E-state index contributed by atoms with van der Waals surface area (Å²) >= 11 is 1.72. The number of fused-ring (bicyclic) bond motifs is 1. The van der Waals surface area contributed by atoms with Crippen LogP contribution in [0.2, 0.25) is 0 Å². The maximum Gasteiger partial charge on any atom is 0.273 e. The number of hydrogen-bond donors (Lipinski definition) is 0. The lowest BCUT2D eigenvalue weighted by molar-refractivity contribution is 0.0385. The zero-order valence-corrected chi connectivity index (χ0v) is 18.4. The summed E-state index contributed by atoms with van der Waals surface area (Å²) in [5, 5.41) is 3.24. The normalized spacial score (nSPS) is 27.0. The first kappa shape index (κ1) is 20.3. The van der Waals surface area contributed by atoms with E-state index in [0.717, 1.165) is 18.2 Å². The SMILES string of the molecule is CCCCCN1CCC(c2nc(C(=O)N3CCCC4CCCCC43)cs2)CC1. The van der Waals surface area contributed by atoms with Gasteiger partial charge in [0.1, 0.15) is 5.69 Å². The first-order valence-electron chi connectivity index (χ1n) is 11.7. The molecule has 0 spiro atoms. The molecule has 4 nitrogen and oxygen atoms in total. The van der Waals surface area contributed by atoms with Crippen LogP contribution in [-0.4, -0.2) is 52.9 Å². The van der Waals surface area contributed by atoms with Gasteiger partial charge >= 0.3 is 0 Å². The first-order chi connectivity index (χ1) is 13.8. The Balaban J connectivity index is 1.33. The molecule has 2 saturated heterocycles. The zero-order valence-electron chi connectivity index (χ0n) is 17.6. The highest BCUT2D eigenvalue weighted by Crippen LogP contribution is 2.36. The van der Waals surface area contributed by atoms with Crippen molar-refractivity contribution in [1.82, 2.24) is 14.8 Å². The van der Waals surface area contributed by atoms with Gasteiger partial charge in [0.2, 0.25) is 0 Å². The standard InChI is InChI=1S/C23H37N3OS/c1-2-3-6-13-25-15-11-19(12-16-25)22-24-20(17-28-22)23(27)26-14-7-9-18-8-4-5-10-21(18)26/h17-19,21H,2-16H2,1H3. The van der Waals surface area contributed by atoms with Gasteiger partial charge in [-0.1, -0.05) is 32.6 Å². The van der Waals surface area contributed by atoms with Crippen LogP contribution in [0.15, 0.2) is 5.38 Å². The minimum Gasteiger partial charge on any atom is -0.334 e. The Morgan fingerprint density at radius 3 is 2.68 bits per heavy atom. The Morgan fingerprint density at radius 2 is 1.86 bits per heavy atom. The summed E-state index contributed by atoms with van der Waals surface area (Å²) in [6, 6.07) is 0.478. The van der Waals surface area contributed by atoms with Gasteiger partial charge in [0.25, 0.3) is 5.91 Å². The summed E-state index contributed by atoms with van der Waals surface area (Å²) in [7, 11) is 0. The predicted molar refractivity (Wildman–Crippen MR) is 116 cm³/mol. The van der Waals surface area contributed by atoms with E-state index in [0.29, 0.717) is 12.0 Å². The van der Waals surface area contributed by atoms with Crippen LogP contribution in [0.25, 0.3) is 0 Å². The minimum atomic E-state index is 0.205. The molecule has 3 aliphatic rings. The Kier molecular flexibility index (Phi) is 7.05. The van der Waals surface area contributed by atoms with E-state index in [1.807, 2.05) is 5.38 Å². The molecule has 1 aliphatic carbocycles. The van der Waals surface area contributed by atoms with Crippen LogP contribution in [0, 0.1) is 5.92 Å². The van der Waals surface area contributed by atoms with Crippen LogP contribution in [-0.2, 0) is 0 Å². The van der Waals surface area contributed by atoms with Gasteiger partial charge in [0, 0.05) is 23.9 Å². The molecule has 156 valence electrons. The van der Waals surface area contributed by atoms with E-state index in [-0.39, 0.29) is 5.91 Å². The minimum absolute atomic E-state index is 0.205. The third kappa shape index (κ3) is 4.62. The highest BCUT2D eigenvalue weighted by Gasteiger charge is 2.36. The average molecular weight is 404 g/mol. The number of amides is 1. The number of rotatable bonds is 6. The fourth-order valence-corrected chi connectivity index (χ4v) is 6.55. The van der Waals surface area contributed by atoms with E-state index in [1.54, 1.807) is 11.3 Å². The van der Waals surface area contributed by atoms with Crippen molar-refractivity contribution in [2.24, 2.45) is 5.92 Å². The molecule has 2 unspecified atom stereocenters. The fraction of sp³-hybridized carbons (Fsp3) is 0.826. The first-order valence-corrected chi connectivity index (χ1v) is 12.6. The van der Waals surface area contributed by atoms with Crippen molar-refractivity contribution < 1.29 is 4.79 Å². The molecule has 3 heterocycles. The lowest BCUT2D eigenvalue weighted by Gasteiger charge is -2.43. The van der Waals surface area contributed by atoms with Crippen molar-refractivity contribution in [1.29, 1.82) is 0 Å². The van der Waals surface area contributed by atoms with E-state index >= 15 is 0 Å². The summed E-state index contributed by atoms with van der Waals surface area (Å²) in [6.45, 7) is 6.83. The Bertz CT molecular complexity index is 636. The van der Waals surface area contributed by atoms with Gasteiger partial charge < -0.3 is 9.80 Å². The maximum atomic E-state index is 13.2. The quantitative estimate of drug-likeness (QED) is 0.604. The summed E-state index contributed by atoms with van der Waals surface area (Å²) in [4.78, 5) is 22.9. The summed E-state index contributed by atoms with van der Waals surface area (Å²) in [5.74, 6) is 1.50. The molecule has 1 aromatic heterocycles. The van der Waals surface area contributed by atoms with Gasteiger partial charge in [-0.2, -0.15) is 0 Å². The van der Waals surface area contributed by atoms with E-state index in [1.165, 1.54) is 95.3 Å². The van der Waals surface area contributed by atoms with Crippen molar-refractivity contribution >= 4 is 17.2 Å². The number of carbonyl (C=O) groups excluding carboxylic acids is 1. The summed E-state index contributed by atoms with van der Waals surface area (Å²) in [5.41, 5.74) is 0.719. The Morgan fingerprint density at radius 1 is 1.07 bits per heavy atom. The van der Waals surface area contributed by atoms with Gasteiger partial charge in [-0.25, -0.2) is 4.98 Å². The topological polar surface area (TPSA) is 36.4 Å². The van der Waals surface area contributed by atoms with Gasteiger partial charge in [-0.3, -0.25) is 4.79 Å². The third-order valence-corrected chi connectivity index (χ3v) is 8.27. The lowest BCUT2D eigenvalue weighted by Crippen LogP contribution is -2.49. The van der Waals surface area contributed by atoms with Crippen molar-refractivity contribution in [2.45, 2.75) is 89.5 Å². The Hall–Kier alpha value is -0.940. The van der Waals surface area contributed by atoms with Crippen molar-refractivity contribution in [3.05, 3.63) is 16.1 Å². The molecule has 0 N–H and O–H groups in total. The number of hydrogen-bond acceptors (Lipinski definition) is 4. The fourth-order valence-electron chi connectivity index (χ4n) is 5.59. The number of unbranched alkanes of at least 4 members (excludes halogenated alkanes) is 2. The molecule has 1 amide bonds. The van der Waals surface area contributed by atoms with Crippen LogP contribution >= 0.6 is 11.3 Å². The third-order valence-electron chi connectivity index (χ3n) is 7.26. The number of nitrogens with zero attached hydrogens (tertiary/aromatic N) is 3. The zero-order chi connectivity index (χ0) is 19.3. The molecule has 4 rings (SSSR count). The number of likely N-dealkylation sites (tertiary alicyclic amines) is 2. The van der Waals surface area contributed by atoms with Crippen molar-refractivity contribution in [2.75, 3.05) is 26.2 Å². The number of piperidine rings is 2. The molecule has 1 aromatic rings. The smallest absolute Gasteiger partial charge is 0.273 e. The van der Waals surface area contributed by atoms with Gasteiger partial charge in [-0.05, 0) is 70.5 Å². The molecule has 28 heavy (non-hydrogen) atoms. The molecule has 0 bridgehead atoms. The number of thiazole rings is 1. The van der Waals surface area contributed by atoms with Crippen LogP contribution in [0.4, 0.5) is 0 Å².